The summed E-state index contributed by atoms with van der Waals surface area (Å²) in [4.78, 5) is 26.4. The van der Waals surface area contributed by atoms with Gasteiger partial charge in [0.05, 0.1) is 5.69 Å². The van der Waals surface area contributed by atoms with E-state index in [2.05, 4.69) is 10.2 Å². The Hall–Kier alpha value is -3.42. The number of H-pyrrole nitrogens is 1. The zero-order valence-electron chi connectivity index (χ0n) is 16.5. The van der Waals surface area contributed by atoms with Crippen LogP contribution >= 0.6 is 0 Å². The van der Waals surface area contributed by atoms with Crippen LogP contribution in [0, 0.1) is 11.7 Å². The lowest BCUT2D eigenvalue weighted by Crippen LogP contribution is -2.41. The molecule has 0 spiro atoms. The predicted molar refractivity (Wildman–Crippen MR) is 109 cm³/mol. The SMILES string of the molecule is O=C(COc1ccccc1)N1CCC(Cc2n[nH]c(=O)n2-c2ccccc2F)CC1. The fourth-order valence-electron chi connectivity index (χ4n) is 3.75. The van der Waals surface area contributed by atoms with Gasteiger partial charge in [0.15, 0.2) is 6.61 Å². The standard InChI is InChI=1S/C22H23FN4O3/c23-18-8-4-5-9-19(18)27-20(24-25-22(27)29)14-16-10-12-26(13-11-16)21(28)15-30-17-6-2-1-3-7-17/h1-9,16H,10-15H2,(H,25,29). The van der Waals surface area contributed by atoms with E-state index in [1.54, 1.807) is 23.1 Å². The highest BCUT2D eigenvalue weighted by molar-refractivity contribution is 5.77. The third kappa shape index (κ3) is 4.42. The minimum Gasteiger partial charge on any atom is -0.484 e. The summed E-state index contributed by atoms with van der Waals surface area (Å²) in [6.45, 7) is 1.26. The molecule has 1 aromatic heterocycles. The largest absolute Gasteiger partial charge is 0.484 e. The summed E-state index contributed by atoms with van der Waals surface area (Å²) in [5.41, 5.74) is -0.266. The number of carbonyl (C=O) groups is 1. The summed E-state index contributed by atoms with van der Waals surface area (Å²) in [5.74, 6) is 0.916. The van der Waals surface area contributed by atoms with Crippen LogP contribution in [0.2, 0.25) is 0 Å². The number of hydrogen-bond acceptors (Lipinski definition) is 4. The Morgan fingerprint density at radius 1 is 1.10 bits per heavy atom. The lowest BCUT2D eigenvalue weighted by atomic mass is 9.93. The molecule has 1 aliphatic rings. The first kappa shape index (κ1) is 19.9. The van der Waals surface area contributed by atoms with Crippen molar-refractivity contribution < 1.29 is 13.9 Å². The molecule has 0 bridgehead atoms. The van der Waals surface area contributed by atoms with Gasteiger partial charge in [-0.15, -0.1) is 0 Å². The van der Waals surface area contributed by atoms with Crippen LogP contribution in [-0.2, 0) is 11.2 Å². The number of rotatable bonds is 6. The third-order valence-corrected chi connectivity index (χ3v) is 5.38. The first-order valence-corrected chi connectivity index (χ1v) is 9.98. The number of nitrogens with one attached hydrogen (secondary N) is 1. The zero-order valence-corrected chi connectivity index (χ0v) is 16.5. The van der Waals surface area contributed by atoms with Gasteiger partial charge in [-0.05, 0) is 43.0 Å². The van der Waals surface area contributed by atoms with Gasteiger partial charge in [-0.2, -0.15) is 5.10 Å². The summed E-state index contributed by atoms with van der Waals surface area (Å²) >= 11 is 0. The molecule has 30 heavy (non-hydrogen) atoms. The molecule has 1 fully saturated rings. The zero-order chi connectivity index (χ0) is 20.9. The minimum absolute atomic E-state index is 0.0148. The van der Waals surface area contributed by atoms with Crippen LogP contribution in [-0.4, -0.2) is 45.3 Å². The Morgan fingerprint density at radius 2 is 1.80 bits per heavy atom. The van der Waals surface area contributed by atoms with Crippen molar-refractivity contribution in [2.45, 2.75) is 19.3 Å². The Bertz CT molecular complexity index is 1060. The van der Waals surface area contributed by atoms with E-state index in [0.29, 0.717) is 31.1 Å². The molecule has 0 radical (unpaired) electrons. The normalized spacial score (nSPS) is 14.6. The topological polar surface area (TPSA) is 80.2 Å². The molecular formula is C22H23FN4O3. The van der Waals surface area contributed by atoms with E-state index in [-0.39, 0.29) is 24.1 Å². The molecule has 1 N–H and O–H groups in total. The number of hydrogen-bond donors (Lipinski definition) is 1. The number of aromatic nitrogens is 3. The third-order valence-electron chi connectivity index (χ3n) is 5.38. The minimum atomic E-state index is -0.471. The molecule has 4 rings (SSSR count). The first-order chi connectivity index (χ1) is 14.6. The number of likely N-dealkylation sites (tertiary alicyclic amines) is 1. The van der Waals surface area contributed by atoms with E-state index in [1.165, 1.54) is 10.6 Å². The molecule has 1 saturated heterocycles. The quantitative estimate of drug-likeness (QED) is 0.677. The number of nitrogens with zero attached hydrogens (tertiary/aromatic N) is 3. The maximum Gasteiger partial charge on any atom is 0.348 e. The van der Waals surface area contributed by atoms with Gasteiger partial charge in [0.2, 0.25) is 0 Å². The summed E-state index contributed by atoms with van der Waals surface area (Å²) in [6, 6.07) is 15.4. The molecule has 7 nitrogen and oxygen atoms in total. The van der Waals surface area contributed by atoms with Crippen LogP contribution in [0.3, 0.4) is 0 Å². The molecule has 1 aliphatic heterocycles. The molecule has 2 aromatic carbocycles. The maximum atomic E-state index is 14.2. The van der Waals surface area contributed by atoms with E-state index in [0.717, 1.165) is 12.8 Å². The second kappa shape index (κ2) is 8.94. The van der Waals surface area contributed by atoms with Crippen LogP contribution in [0.15, 0.2) is 59.4 Å². The molecule has 156 valence electrons. The van der Waals surface area contributed by atoms with Crippen molar-refractivity contribution in [1.29, 1.82) is 0 Å². The Balaban J connectivity index is 1.34. The Kier molecular flexibility index (Phi) is 5.92. The highest BCUT2D eigenvalue weighted by Crippen LogP contribution is 2.22. The summed E-state index contributed by atoms with van der Waals surface area (Å²) in [5, 5.41) is 6.52. The molecule has 3 aromatic rings. The maximum absolute atomic E-state index is 14.2. The Morgan fingerprint density at radius 3 is 2.53 bits per heavy atom. The lowest BCUT2D eigenvalue weighted by Gasteiger charge is -2.31. The lowest BCUT2D eigenvalue weighted by molar-refractivity contribution is -0.134. The number of amides is 1. The van der Waals surface area contributed by atoms with Gasteiger partial charge >= 0.3 is 5.69 Å². The van der Waals surface area contributed by atoms with Crippen molar-refractivity contribution in [3.05, 3.63) is 76.7 Å². The Labute approximate surface area is 173 Å². The summed E-state index contributed by atoms with van der Waals surface area (Å²) in [6.07, 6.45) is 2.11. The number of carbonyl (C=O) groups excluding carboxylic acids is 1. The fraction of sp³-hybridized carbons (Fsp3) is 0.318. The van der Waals surface area contributed by atoms with Gasteiger partial charge in [-0.25, -0.2) is 18.9 Å². The molecule has 0 unspecified atom stereocenters. The molecule has 0 atom stereocenters. The number of para-hydroxylation sites is 2. The molecule has 1 amide bonds. The van der Waals surface area contributed by atoms with Crippen LogP contribution in [0.5, 0.6) is 5.75 Å². The van der Waals surface area contributed by atoms with Crippen LogP contribution in [0.25, 0.3) is 5.69 Å². The second-order valence-corrected chi connectivity index (χ2v) is 7.36. The predicted octanol–water partition coefficient (Wildman–Crippen LogP) is 2.56. The van der Waals surface area contributed by atoms with Gasteiger partial charge < -0.3 is 9.64 Å². The van der Waals surface area contributed by atoms with Gasteiger partial charge in [0.1, 0.15) is 17.4 Å². The van der Waals surface area contributed by atoms with Crippen molar-refractivity contribution in [3.63, 3.8) is 0 Å². The molecule has 0 aliphatic carbocycles. The van der Waals surface area contributed by atoms with Gasteiger partial charge in [0.25, 0.3) is 5.91 Å². The molecule has 2 heterocycles. The summed E-state index contributed by atoms with van der Waals surface area (Å²) < 4.78 is 21.0. The van der Waals surface area contributed by atoms with E-state index in [1.807, 2.05) is 30.3 Å². The average Bonchev–Trinajstić information content (AvgIpc) is 3.13. The van der Waals surface area contributed by atoms with Crippen molar-refractivity contribution in [3.8, 4) is 11.4 Å². The molecular weight excluding hydrogens is 387 g/mol. The number of ether oxygens (including phenoxy) is 1. The van der Waals surface area contributed by atoms with Crippen LogP contribution in [0.1, 0.15) is 18.7 Å². The van der Waals surface area contributed by atoms with Gasteiger partial charge in [0, 0.05) is 19.5 Å². The van der Waals surface area contributed by atoms with E-state index >= 15 is 0 Å². The van der Waals surface area contributed by atoms with Crippen molar-refractivity contribution in [1.82, 2.24) is 19.7 Å². The number of aromatic amines is 1. The smallest absolute Gasteiger partial charge is 0.348 e. The van der Waals surface area contributed by atoms with E-state index in [9.17, 15) is 14.0 Å². The van der Waals surface area contributed by atoms with Gasteiger partial charge in [-0.1, -0.05) is 30.3 Å². The fourth-order valence-corrected chi connectivity index (χ4v) is 3.75. The van der Waals surface area contributed by atoms with Crippen molar-refractivity contribution >= 4 is 5.91 Å². The van der Waals surface area contributed by atoms with E-state index < -0.39 is 11.5 Å². The monoisotopic (exact) mass is 410 g/mol. The highest BCUT2D eigenvalue weighted by Gasteiger charge is 2.25. The highest BCUT2D eigenvalue weighted by atomic mass is 19.1. The molecule has 8 heteroatoms. The molecule has 0 saturated carbocycles. The average molecular weight is 410 g/mol. The summed E-state index contributed by atoms with van der Waals surface area (Å²) in [7, 11) is 0. The van der Waals surface area contributed by atoms with Crippen molar-refractivity contribution in [2.24, 2.45) is 5.92 Å². The van der Waals surface area contributed by atoms with Crippen molar-refractivity contribution in [2.75, 3.05) is 19.7 Å². The number of piperidine rings is 1. The number of halogens is 1. The van der Waals surface area contributed by atoms with Crippen LogP contribution < -0.4 is 10.4 Å². The van der Waals surface area contributed by atoms with Crippen LogP contribution in [0.4, 0.5) is 4.39 Å². The number of benzene rings is 2. The van der Waals surface area contributed by atoms with Gasteiger partial charge in [-0.3, -0.25) is 4.79 Å². The van der Waals surface area contributed by atoms with E-state index in [4.69, 9.17) is 4.74 Å². The second-order valence-electron chi connectivity index (χ2n) is 7.36. The first-order valence-electron chi connectivity index (χ1n) is 9.98.